The molecule has 6 rings (SSSR count). The van der Waals surface area contributed by atoms with Crippen LogP contribution in [0.15, 0.2) is 55.2 Å². The van der Waals surface area contributed by atoms with Crippen LogP contribution in [0.2, 0.25) is 0 Å². The molecule has 1 atom stereocenters. The number of hydrogen-bond donors (Lipinski definition) is 2. The molecule has 5 aromatic rings. The van der Waals surface area contributed by atoms with Crippen LogP contribution in [-0.2, 0) is 5.54 Å². The second-order valence-electron chi connectivity index (χ2n) is 12.0. The minimum atomic E-state index is -4.46. The number of halogens is 3. The first kappa shape index (κ1) is 28.0. The average molecular weight is 585 g/mol. The second-order valence-corrected chi connectivity index (χ2v) is 12.0. The summed E-state index contributed by atoms with van der Waals surface area (Å²) in [5.74, 6) is 0. The molecule has 0 spiro atoms. The summed E-state index contributed by atoms with van der Waals surface area (Å²) in [4.78, 5) is 8.67. The maximum absolute atomic E-state index is 13.9. The highest BCUT2D eigenvalue weighted by atomic mass is 19.4. The number of hydrogen-bond acceptors (Lipinski definition) is 8. The number of nitrogens with one attached hydrogen (secondary N) is 2. The van der Waals surface area contributed by atoms with Gasteiger partial charge in [0, 0.05) is 42.4 Å². The van der Waals surface area contributed by atoms with Gasteiger partial charge in [-0.3, -0.25) is 4.98 Å². The molecule has 0 saturated heterocycles. The van der Waals surface area contributed by atoms with Crippen molar-refractivity contribution < 1.29 is 13.2 Å². The molecule has 1 fully saturated rings. The highest BCUT2D eigenvalue weighted by Gasteiger charge is 2.66. The van der Waals surface area contributed by atoms with E-state index in [1.54, 1.807) is 35.0 Å². The molecule has 0 bridgehead atoms. The number of benzene rings is 1. The predicted molar refractivity (Wildman–Crippen MR) is 153 cm³/mol. The van der Waals surface area contributed by atoms with Gasteiger partial charge in [-0.15, -0.1) is 5.10 Å². The van der Waals surface area contributed by atoms with Gasteiger partial charge in [0.15, 0.2) is 5.54 Å². The first-order chi connectivity index (χ1) is 20.4. The largest absolute Gasteiger partial charge is 0.413 e. The first-order valence-corrected chi connectivity index (χ1v) is 13.6. The van der Waals surface area contributed by atoms with Crippen molar-refractivity contribution in [3.05, 3.63) is 77.6 Å². The monoisotopic (exact) mass is 584 g/mol. The molecule has 1 aromatic carbocycles. The number of anilines is 2. The lowest BCUT2D eigenvalue weighted by Gasteiger charge is -2.22. The van der Waals surface area contributed by atoms with E-state index in [1.807, 2.05) is 12.3 Å². The first-order valence-electron chi connectivity index (χ1n) is 13.6. The Morgan fingerprint density at radius 2 is 1.81 bits per heavy atom. The zero-order chi connectivity index (χ0) is 30.6. The van der Waals surface area contributed by atoms with Crippen LogP contribution < -0.4 is 10.6 Å². The summed E-state index contributed by atoms with van der Waals surface area (Å²) in [6.45, 7) is 6.73. The van der Waals surface area contributed by atoms with Gasteiger partial charge in [-0.25, -0.2) is 9.67 Å². The summed E-state index contributed by atoms with van der Waals surface area (Å²) in [5, 5.41) is 35.2. The number of imidazole rings is 1. The predicted octanol–water partition coefficient (Wildman–Crippen LogP) is 5.93. The van der Waals surface area contributed by atoms with Crippen LogP contribution in [-0.4, -0.2) is 42.1 Å². The van der Waals surface area contributed by atoms with Crippen molar-refractivity contribution in [2.45, 2.75) is 51.4 Å². The molecule has 1 aliphatic rings. The Morgan fingerprint density at radius 1 is 1.05 bits per heavy atom. The SMILES string of the molecule is CC(C)(C)CNc1c(C#N)cnc2c(C#N)cc(NC(c3ccc4nccn4c3)c3cn(C4(C(F)(F)F)CC4)nn3)cc12. The number of fused-ring (bicyclic) bond motifs is 2. The minimum Gasteiger partial charge on any atom is -0.383 e. The van der Waals surface area contributed by atoms with Gasteiger partial charge in [0.2, 0.25) is 0 Å². The van der Waals surface area contributed by atoms with Gasteiger partial charge < -0.3 is 15.0 Å². The van der Waals surface area contributed by atoms with Gasteiger partial charge in [0.1, 0.15) is 23.5 Å². The van der Waals surface area contributed by atoms with E-state index in [0.717, 1.165) is 4.68 Å². The van der Waals surface area contributed by atoms with E-state index in [1.165, 1.54) is 12.4 Å². The number of pyridine rings is 2. The van der Waals surface area contributed by atoms with Crippen LogP contribution in [0.4, 0.5) is 24.5 Å². The van der Waals surface area contributed by atoms with E-state index in [4.69, 9.17) is 0 Å². The normalized spacial score (nSPS) is 15.2. The zero-order valence-corrected chi connectivity index (χ0v) is 23.6. The Labute approximate surface area is 244 Å². The van der Waals surface area contributed by atoms with Gasteiger partial charge >= 0.3 is 6.18 Å². The third-order valence-electron chi connectivity index (χ3n) is 7.56. The van der Waals surface area contributed by atoms with Crippen molar-refractivity contribution in [1.29, 1.82) is 10.5 Å². The average Bonchev–Trinajstić information content (AvgIpc) is 3.42. The van der Waals surface area contributed by atoms with Crippen LogP contribution in [0.3, 0.4) is 0 Å². The van der Waals surface area contributed by atoms with E-state index in [0.29, 0.717) is 45.6 Å². The molecule has 43 heavy (non-hydrogen) atoms. The molecule has 4 aromatic heterocycles. The lowest BCUT2D eigenvalue weighted by molar-refractivity contribution is -0.182. The topological polar surface area (TPSA) is 133 Å². The third-order valence-corrected chi connectivity index (χ3v) is 7.56. The van der Waals surface area contributed by atoms with Crippen LogP contribution in [0.5, 0.6) is 0 Å². The van der Waals surface area contributed by atoms with Crippen molar-refractivity contribution in [3.63, 3.8) is 0 Å². The van der Waals surface area contributed by atoms with E-state index in [2.05, 4.69) is 63.8 Å². The molecular weight excluding hydrogens is 557 g/mol. The minimum absolute atomic E-state index is 0.0623. The Bertz CT molecular complexity index is 1930. The van der Waals surface area contributed by atoms with Crippen LogP contribution in [0.1, 0.15) is 62.0 Å². The number of rotatable bonds is 7. The molecule has 0 radical (unpaired) electrons. The molecule has 1 unspecified atom stereocenters. The maximum Gasteiger partial charge on any atom is 0.413 e. The lowest BCUT2D eigenvalue weighted by Crippen LogP contribution is -2.35. The number of nitrogens with zero attached hydrogens (tertiary/aromatic N) is 8. The molecule has 2 N–H and O–H groups in total. The third kappa shape index (κ3) is 5.07. The Kier molecular flexibility index (Phi) is 6.49. The standard InChI is InChI=1S/C30H27F3N10/c1-28(2,3)17-38-26-20(13-35)14-37-25-19(12-34)10-21(11-22(25)26)39-27(18-4-5-24-36-8-9-42(24)15-18)23-16-43(41-40-23)29(6-7-29)30(31,32)33/h4-5,8-11,14-16,27,39H,6-7,17H2,1-3H3,(H,37,38). The fourth-order valence-electron chi connectivity index (χ4n) is 5.08. The van der Waals surface area contributed by atoms with Crippen LogP contribution in [0.25, 0.3) is 16.6 Å². The van der Waals surface area contributed by atoms with E-state index in [-0.39, 0.29) is 29.5 Å². The van der Waals surface area contributed by atoms with Gasteiger partial charge in [-0.1, -0.05) is 32.1 Å². The summed E-state index contributed by atoms with van der Waals surface area (Å²) >= 11 is 0. The Morgan fingerprint density at radius 3 is 2.49 bits per heavy atom. The smallest absolute Gasteiger partial charge is 0.383 e. The van der Waals surface area contributed by atoms with Gasteiger partial charge in [0.05, 0.1) is 34.6 Å². The number of nitriles is 2. The molecule has 0 amide bonds. The van der Waals surface area contributed by atoms with Crippen molar-refractivity contribution in [1.82, 2.24) is 29.4 Å². The summed E-state index contributed by atoms with van der Waals surface area (Å²) in [6, 6.07) is 10.6. The Balaban J connectivity index is 1.47. The second kappa shape index (κ2) is 9.98. The van der Waals surface area contributed by atoms with Gasteiger partial charge in [-0.05, 0) is 42.0 Å². The Hall–Kier alpha value is -5.17. The van der Waals surface area contributed by atoms with Crippen molar-refractivity contribution in [2.24, 2.45) is 5.41 Å². The molecule has 218 valence electrons. The van der Waals surface area contributed by atoms with Crippen molar-refractivity contribution in [3.8, 4) is 12.1 Å². The number of alkyl halides is 3. The fourth-order valence-corrected chi connectivity index (χ4v) is 5.08. The van der Waals surface area contributed by atoms with Gasteiger partial charge in [0.25, 0.3) is 0 Å². The summed E-state index contributed by atoms with van der Waals surface area (Å²) in [7, 11) is 0. The van der Waals surface area contributed by atoms with Gasteiger partial charge in [-0.2, -0.15) is 23.7 Å². The zero-order valence-electron chi connectivity index (χ0n) is 23.6. The van der Waals surface area contributed by atoms with E-state index >= 15 is 0 Å². The highest BCUT2D eigenvalue weighted by molar-refractivity contribution is 5.99. The summed E-state index contributed by atoms with van der Waals surface area (Å²) in [5.41, 5.74) is 1.54. The molecule has 10 nitrogen and oxygen atoms in total. The number of aromatic nitrogens is 6. The maximum atomic E-state index is 13.9. The molecule has 0 aliphatic heterocycles. The summed E-state index contributed by atoms with van der Waals surface area (Å²) < 4.78 is 44.4. The van der Waals surface area contributed by atoms with Crippen LogP contribution >= 0.6 is 0 Å². The molecule has 1 aliphatic carbocycles. The molecule has 13 heteroatoms. The molecular formula is C30H27F3N10. The fraction of sp³-hybridized carbons (Fsp3) is 0.333. The lowest BCUT2D eigenvalue weighted by atomic mass is 9.96. The highest BCUT2D eigenvalue weighted by Crippen LogP contribution is 2.55. The van der Waals surface area contributed by atoms with Crippen molar-refractivity contribution in [2.75, 3.05) is 17.2 Å². The van der Waals surface area contributed by atoms with Crippen molar-refractivity contribution >= 4 is 27.9 Å². The summed E-state index contributed by atoms with van der Waals surface area (Å²) in [6.07, 6.45) is 3.41. The van der Waals surface area contributed by atoms with Crippen LogP contribution in [0, 0.1) is 28.1 Å². The molecule has 4 heterocycles. The van der Waals surface area contributed by atoms with E-state index < -0.39 is 17.8 Å². The molecule has 1 saturated carbocycles. The van der Waals surface area contributed by atoms with E-state index in [9.17, 15) is 23.7 Å². The quantitative estimate of drug-likeness (QED) is 0.241.